The molecule has 2 rings (SSSR count). The number of esters is 1. The third-order valence-corrected chi connectivity index (χ3v) is 6.05. The summed E-state index contributed by atoms with van der Waals surface area (Å²) < 4.78 is 4.80. The van der Waals surface area contributed by atoms with Gasteiger partial charge in [0.2, 0.25) is 5.91 Å². The molecule has 2 atom stereocenters. The maximum Gasteiger partial charge on any atom is 0.341 e. The number of rotatable bonds is 4. The van der Waals surface area contributed by atoms with Crippen LogP contribution in [0.2, 0.25) is 0 Å². The average Bonchev–Trinajstić information content (AvgIpc) is 2.82. The van der Waals surface area contributed by atoms with Crippen molar-refractivity contribution in [2.45, 2.75) is 40.5 Å². The van der Waals surface area contributed by atoms with Gasteiger partial charge in [0, 0.05) is 4.88 Å². The molecule has 0 aromatic carbocycles. The van der Waals surface area contributed by atoms with Crippen molar-refractivity contribution in [1.82, 2.24) is 0 Å². The van der Waals surface area contributed by atoms with Crippen LogP contribution in [0.4, 0.5) is 5.00 Å². The Bertz CT molecular complexity index is 762. The van der Waals surface area contributed by atoms with Gasteiger partial charge < -0.3 is 15.2 Å². The number of carboxylic acid groups (broad SMARTS) is 1. The molecule has 7 heteroatoms. The zero-order valence-electron chi connectivity index (χ0n) is 15.1. The zero-order chi connectivity index (χ0) is 18.9. The molecular weight excluding hydrogens is 342 g/mol. The Morgan fingerprint density at radius 2 is 1.64 bits per heavy atom. The smallest absolute Gasteiger partial charge is 0.341 e. The molecule has 6 nitrogen and oxygen atoms in total. The fourth-order valence-corrected chi connectivity index (χ4v) is 4.15. The van der Waals surface area contributed by atoms with Crippen molar-refractivity contribution >= 4 is 34.2 Å². The highest BCUT2D eigenvalue weighted by Gasteiger charge is 2.38. The molecule has 0 unspecified atom stereocenters. The number of amides is 1. The van der Waals surface area contributed by atoms with Crippen LogP contribution in [0.3, 0.4) is 0 Å². The van der Waals surface area contributed by atoms with Crippen molar-refractivity contribution in [3.63, 3.8) is 0 Å². The fraction of sp³-hybridized carbons (Fsp3) is 0.500. The average molecular weight is 365 g/mol. The minimum Gasteiger partial charge on any atom is -0.481 e. The highest BCUT2D eigenvalue weighted by atomic mass is 32.1. The summed E-state index contributed by atoms with van der Waals surface area (Å²) in [4.78, 5) is 37.3. The molecule has 0 saturated carbocycles. The Balaban J connectivity index is 2.32. The van der Waals surface area contributed by atoms with Gasteiger partial charge in [0.15, 0.2) is 0 Å². The Hall–Kier alpha value is -2.15. The van der Waals surface area contributed by atoms with Crippen LogP contribution in [-0.4, -0.2) is 30.1 Å². The van der Waals surface area contributed by atoms with E-state index >= 15 is 0 Å². The Labute approximate surface area is 150 Å². The van der Waals surface area contributed by atoms with E-state index < -0.39 is 23.8 Å². The standard InChI is InChI=1S/C18H23NO5S/c1-8-6-12(13(17(21)22)7-9(8)2)15(20)19-16-14(18(23)24-5)10(3)11(4)25-16/h12-13H,6-7H2,1-5H3,(H,19,20)(H,21,22)/t12-,13-/m0/s1. The van der Waals surface area contributed by atoms with Gasteiger partial charge in [-0.1, -0.05) is 11.1 Å². The van der Waals surface area contributed by atoms with Crippen LogP contribution in [0.5, 0.6) is 0 Å². The highest BCUT2D eigenvalue weighted by Crippen LogP contribution is 2.37. The molecule has 1 aliphatic carbocycles. The molecule has 0 radical (unpaired) electrons. The van der Waals surface area contributed by atoms with Crippen molar-refractivity contribution in [2.75, 3.05) is 12.4 Å². The summed E-state index contributed by atoms with van der Waals surface area (Å²) in [5.74, 6) is -3.27. The second-order valence-corrected chi connectivity index (χ2v) is 7.71. The monoisotopic (exact) mass is 365 g/mol. The first-order chi connectivity index (χ1) is 11.7. The molecular formula is C18H23NO5S. The van der Waals surface area contributed by atoms with Crippen LogP contribution in [0, 0.1) is 25.7 Å². The van der Waals surface area contributed by atoms with Crippen molar-refractivity contribution in [3.8, 4) is 0 Å². The van der Waals surface area contributed by atoms with Gasteiger partial charge in [-0.3, -0.25) is 9.59 Å². The van der Waals surface area contributed by atoms with Crippen LogP contribution in [0.1, 0.15) is 47.5 Å². The number of ether oxygens (including phenoxy) is 1. The van der Waals surface area contributed by atoms with Gasteiger partial charge in [-0.05, 0) is 46.1 Å². The lowest BCUT2D eigenvalue weighted by Crippen LogP contribution is -2.36. The van der Waals surface area contributed by atoms with Crippen LogP contribution in [0.15, 0.2) is 11.1 Å². The molecule has 2 N–H and O–H groups in total. The summed E-state index contributed by atoms with van der Waals surface area (Å²) in [5, 5.41) is 12.7. The summed E-state index contributed by atoms with van der Waals surface area (Å²) in [7, 11) is 1.29. The van der Waals surface area contributed by atoms with Crippen LogP contribution in [0.25, 0.3) is 0 Å². The first-order valence-electron chi connectivity index (χ1n) is 8.04. The van der Waals surface area contributed by atoms with Crippen molar-refractivity contribution in [3.05, 3.63) is 27.2 Å². The molecule has 136 valence electrons. The number of carboxylic acids is 1. The number of carbonyl (C=O) groups is 3. The molecule has 1 aromatic rings. The number of methoxy groups -OCH3 is 1. The topological polar surface area (TPSA) is 92.7 Å². The number of thiophene rings is 1. The highest BCUT2D eigenvalue weighted by molar-refractivity contribution is 7.16. The predicted molar refractivity (Wildman–Crippen MR) is 96.0 cm³/mol. The second-order valence-electron chi connectivity index (χ2n) is 6.49. The first-order valence-corrected chi connectivity index (χ1v) is 8.86. The Morgan fingerprint density at radius 1 is 1.08 bits per heavy atom. The number of anilines is 1. The number of allylic oxidation sites excluding steroid dienone is 2. The minimum absolute atomic E-state index is 0.337. The number of hydrogen-bond acceptors (Lipinski definition) is 5. The first kappa shape index (κ1) is 19.2. The largest absolute Gasteiger partial charge is 0.481 e. The van der Waals surface area contributed by atoms with Gasteiger partial charge in [0.25, 0.3) is 0 Å². The Kier molecular flexibility index (Phi) is 5.67. The molecule has 1 heterocycles. The summed E-state index contributed by atoms with van der Waals surface area (Å²) >= 11 is 1.30. The van der Waals surface area contributed by atoms with Gasteiger partial charge in [-0.2, -0.15) is 0 Å². The van der Waals surface area contributed by atoms with Gasteiger partial charge in [0.1, 0.15) is 5.00 Å². The van der Waals surface area contributed by atoms with Crippen molar-refractivity contribution in [2.24, 2.45) is 11.8 Å². The lowest BCUT2D eigenvalue weighted by atomic mass is 9.76. The van der Waals surface area contributed by atoms with E-state index in [0.29, 0.717) is 23.4 Å². The lowest BCUT2D eigenvalue weighted by Gasteiger charge is -2.29. The SMILES string of the molecule is COC(=O)c1c(NC(=O)[C@H]2CC(C)=C(C)C[C@@H]2C(=O)O)sc(C)c1C. The van der Waals surface area contributed by atoms with Crippen LogP contribution >= 0.6 is 11.3 Å². The number of carbonyl (C=O) groups excluding carboxylic acids is 2. The summed E-state index contributed by atoms with van der Waals surface area (Å²) in [5.41, 5.74) is 3.17. The lowest BCUT2D eigenvalue weighted by molar-refractivity contribution is -0.146. The summed E-state index contributed by atoms with van der Waals surface area (Å²) in [6, 6.07) is 0. The molecule has 1 aromatic heterocycles. The summed E-state index contributed by atoms with van der Waals surface area (Å²) in [6.07, 6.45) is 0.775. The fourth-order valence-electron chi connectivity index (χ4n) is 3.10. The maximum absolute atomic E-state index is 12.8. The molecule has 0 fully saturated rings. The second kappa shape index (κ2) is 7.39. The predicted octanol–water partition coefficient (Wildman–Crippen LogP) is 3.54. The third kappa shape index (κ3) is 3.76. The molecule has 0 saturated heterocycles. The maximum atomic E-state index is 12.8. The minimum atomic E-state index is -0.973. The Morgan fingerprint density at radius 3 is 2.16 bits per heavy atom. The number of nitrogens with one attached hydrogen (secondary N) is 1. The van der Waals surface area contributed by atoms with E-state index in [9.17, 15) is 19.5 Å². The van der Waals surface area contributed by atoms with E-state index in [1.807, 2.05) is 20.8 Å². The van der Waals surface area contributed by atoms with Crippen LogP contribution < -0.4 is 5.32 Å². The van der Waals surface area contributed by atoms with E-state index in [-0.39, 0.29) is 5.91 Å². The van der Waals surface area contributed by atoms with E-state index in [1.54, 1.807) is 6.92 Å². The molecule has 0 aliphatic heterocycles. The molecule has 25 heavy (non-hydrogen) atoms. The van der Waals surface area contributed by atoms with E-state index in [1.165, 1.54) is 18.4 Å². The molecule has 0 spiro atoms. The molecule has 0 bridgehead atoms. The van der Waals surface area contributed by atoms with Gasteiger partial charge in [-0.15, -0.1) is 11.3 Å². The number of hydrogen-bond donors (Lipinski definition) is 2. The summed E-state index contributed by atoms with van der Waals surface area (Å²) in [6.45, 7) is 7.48. The quantitative estimate of drug-likeness (QED) is 0.629. The van der Waals surface area contributed by atoms with Gasteiger partial charge in [0.05, 0.1) is 24.5 Å². The van der Waals surface area contributed by atoms with Gasteiger partial charge >= 0.3 is 11.9 Å². The van der Waals surface area contributed by atoms with E-state index in [4.69, 9.17) is 4.74 Å². The zero-order valence-corrected chi connectivity index (χ0v) is 15.9. The van der Waals surface area contributed by atoms with Gasteiger partial charge in [-0.25, -0.2) is 4.79 Å². The number of aliphatic carboxylic acids is 1. The molecule has 1 aliphatic rings. The van der Waals surface area contributed by atoms with Crippen molar-refractivity contribution in [1.29, 1.82) is 0 Å². The van der Waals surface area contributed by atoms with Crippen LogP contribution in [-0.2, 0) is 14.3 Å². The van der Waals surface area contributed by atoms with Crippen molar-refractivity contribution < 1.29 is 24.2 Å². The van der Waals surface area contributed by atoms with E-state index in [0.717, 1.165) is 21.6 Å². The molecule has 1 amide bonds. The van der Waals surface area contributed by atoms with E-state index in [2.05, 4.69) is 5.32 Å². The third-order valence-electron chi connectivity index (χ3n) is 4.93. The normalized spacial score (nSPS) is 20.4. The number of aryl methyl sites for hydroxylation is 1.